The summed E-state index contributed by atoms with van der Waals surface area (Å²) in [5.74, 6) is 2.22. The van der Waals surface area contributed by atoms with E-state index in [4.69, 9.17) is 11.6 Å². The van der Waals surface area contributed by atoms with Gasteiger partial charge in [0.15, 0.2) is 0 Å². The van der Waals surface area contributed by atoms with Crippen LogP contribution in [0.3, 0.4) is 0 Å². The van der Waals surface area contributed by atoms with Crippen molar-refractivity contribution in [3.05, 3.63) is 30.5 Å². The average molecular weight is 253 g/mol. The van der Waals surface area contributed by atoms with E-state index in [1.165, 1.54) is 10.3 Å². The van der Waals surface area contributed by atoms with Crippen molar-refractivity contribution in [1.29, 1.82) is 0 Å². The highest BCUT2D eigenvalue weighted by molar-refractivity contribution is 7.99. The summed E-state index contributed by atoms with van der Waals surface area (Å²) >= 11 is 7.59. The summed E-state index contributed by atoms with van der Waals surface area (Å²) in [4.78, 5) is 1.18. The summed E-state index contributed by atoms with van der Waals surface area (Å²) in [6.07, 6.45) is 1.83. The minimum Gasteiger partial charge on any atom is -0.157 e. The highest BCUT2D eigenvalue weighted by Gasteiger charge is 2.05. The zero-order chi connectivity index (χ0) is 11.4. The molecular formula is C12H13ClN2S. The van der Waals surface area contributed by atoms with E-state index in [1.807, 2.05) is 24.4 Å². The fraction of sp³-hybridized carbons (Fsp3) is 0.333. The van der Waals surface area contributed by atoms with Crippen LogP contribution in [-0.4, -0.2) is 21.8 Å². The quantitative estimate of drug-likeness (QED) is 0.614. The molecule has 4 heteroatoms. The summed E-state index contributed by atoms with van der Waals surface area (Å²) in [5.41, 5.74) is 0.950. The number of benzene rings is 1. The van der Waals surface area contributed by atoms with Gasteiger partial charge in [0, 0.05) is 21.9 Å². The predicted octanol–water partition coefficient (Wildman–Crippen LogP) is 3.60. The molecule has 16 heavy (non-hydrogen) atoms. The number of hydrogen-bond acceptors (Lipinski definition) is 3. The van der Waals surface area contributed by atoms with Crippen LogP contribution in [0.25, 0.3) is 10.9 Å². The number of alkyl halides is 1. The molecule has 0 fully saturated rings. The van der Waals surface area contributed by atoms with Gasteiger partial charge in [-0.05, 0) is 12.0 Å². The molecule has 0 saturated carbocycles. The van der Waals surface area contributed by atoms with Crippen LogP contribution in [0.1, 0.15) is 6.92 Å². The number of fused-ring (bicyclic) bond motifs is 1. The van der Waals surface area contributed by atoms with Gasteiger partial charge in [-0.2, -0.15) is 10.2 Å². The Morgan fingerprint density at radius 1 is 1.38 bits per heavy atom. The number of thioether (sulfide) groups is 1. The Bertz CT molecular complexity index is 470. The van der Waals surface area contributed by atoms with Crippen molar-refractivity contribution in [2.24, 2.45) is 5.92 Å². The number of hydrogen-bond donors (Lipinski definition) is 0. The molecule has 0 spiro atoms. The Balaban J connectivity index is 2.23. The summed E-state index contributed by atoms with van der Waals surface area (Å²) in [6, 6.07) is 8.07. The Morgan fingerprint density at radius 3 is 3.00 bits per heavy atom. The smallest absolute Gasteiger partial charge is 0.0940 e. The van der Waals surface area contributed by atoms with Gasteiger partial charge >= 0.3 is 0 Å². The van der Waals surface area contributed by atoms with E-state index in [0.717, 1.165) is 11.3 Å². The van der Waals surface area contributed by atoms with Crippen LogP contribution in [0.5, 0.6) is 0 Å². The second-order valence-corrected chi connectivity index (χ2v) is 5.17. The van der Waals surface area contributed by atoms with Gasteiger partial charge in [0.2, 0.25) is 0 Å². The molecular weight excluding hydrogens is 240 g/mol. The maximum Gasteiger partial charge on any atom is 0.0940 e. The molecule has 1 heterocycles. The van der Waals surface area contributed by atoms with E-state index in [1.54, 1.807) is 11.8 Å². The summed E-state index contributed by atoms with van der Waals surface area (Å²) in [5, 5.41) is 9.28. The number of aromatic nitrogens is 2. The Morgan fingerprint density at radius 2 is 2.19 bits per heavy atom. The van der Waals surface area contributed by atoms with Gasteiger partial charge in [-0.25, -0.2) is 0 Å². The fourth-order valence-corrected chi connectivity index (χ4v) is 2.64. The van der Waals surface area contributed by atoms with Gasteiger partial charge in [-0.3, -0.25) is 0 Å². The molecule has 1 atom stereocenters. The largest absolute Gasteiger partial charge is 0.157 e. The van der Waals surface area contributed by atoms with Gasteiger partial charge in [0.1, 0.15) is 0 Å². The summed E-state index contributed by atoms with van der Waals surface area (Å²) in [6.45, 7) is 2.15. The maximum atomic E-state index is 5.80. The van der Waals surface area contributed by atoms with E-state index in [2.05, 4.69) is 23.2 Å². The number of rotatable bonds is 4. The van der Waals surface area contributed by atoms with Crippen molar-refractivity contribution in [2.75, 3.05) is 11.6 Å². The Hall–Kier alpha value is -0.800. The lowest BCUT2D eigenvalue weighted by Crippen LogP contribution is -1.99. The SMILES string of the molecule is CC(CCl)CSc1cnnc2ccccc12. The van der Waals surface area contributed by atoms with Crippen molar-refractivity contribution in [3.8, 4) is 0 Å². The van der Waals surface area contributed by atoms with E-state index in [-0.39, 0.29) is 0 Å². The molecule has 0 amide bonds. The normalized spacial score (nSPS) is 12.9. The third-order valence-electron chi connectivity index (χ3n) is 2.30. The van der Waals surface area contributed by atoms with Crippen LogP contribution in [0, 0.1) is 5.92 Å². The van der Waals surface area contributed by atoms with Crippen LogP contribution in [0.2, 0.25) is 0 Å². The fourth-order valence-electron chi connectivity index (χ4n) is 1.37. The van der Waals surface area contributed by atoms with Crippen molar-refractivity contribution in [1.82, 2.24) is 10.2 Å². The first-order valence-electron chi connectivity index (χ1n) is 5.20. The Labute approximate surface area is 104 Å². The van der Waals surface area contributed by atoms with Gasteiger partial charge in [0.05, 0.1) is 11.7 Å². The third kappa shape index (κ3) is 2.66. The van der Waals surface area contributed by atoms with E-state index >= 15 is 0 Å². The predicted molar refractivity (Wildman–Crippen MR) is 70.1 cm³/mol. The standard InChI is InChI=1S/C12H13ClN2S/c1-9(6-13)8-16-12-7-14-15-11-5-3-2-4-10(11)12/h2-5,7,9H,6,8H2,1H3. The summed E-state index contributed by atoms with van der Waals surface area (Å²) in [7, 11) is 0. The topological polar surface area (TPSA) is 25.8 Å². The van der Waals surface area contributed by atoms with Crippen LogP contribution in [0.4, 0.5) is 0 Å². The van der Waals surface area contributed by atoms with Crippen molar-refractivity contribution >= 4 is 34.3 Å². The molecule has 2 rings (SSSR count). The minimum atomic E-state index is 0.513. The highest BCUT2D eigenvalue weighted by Crippen LogP contribution is 2.27. The zero-order valence-electron chi connectivity index (χ0n) is 9.06. The minimum absolute atomic E-state index is 0.513. The molecule has 84 valence electrons. The number of halogens is 1. The van der Waals surface area contributed by atoms with Crippen LogP contribution in [-0.2, 0) is 0 Å². The molecule has 0 aliphatic heterocycles. The highest BCUT2D eigenvalue weighted by atomic mass is 35.5. The monoisotopic (exact) mass is 252 g/mol. The van der Waals surface area contributed by atoms with Crippen LogP contribution >= 0.6 is 23.4 Å². The maximum absolute atomic E-state index is 5.80. The molecule has 2 aromatic rings. The van der Waals surface area contributed by atoms with Gasteiger partial charge < -0.3 is 0 Å². The van der Waals surface area contributed by atoms with E-state index < -0.39 is 0 Å². The molecule has 1 unspecified atom stereocenters. The molecule has 0 radical (unpaired) electrons. The van der Waals surface area contributed by atoms with Gasteiger partial charge in [-0.15, -0.1) is 23.4 Å². The first-order chi connectivity index (χ1) is 7.81. The van der Waals surface area contributed by atoms with Crippen LogP contribution < -0.4 is 0 Å². The average Bonchev–Trinajstić information content (AvgIpc) is 2.35. The molecule has 0 saturated heterocycles. The molecule has 1 aromatic carbocycles. The van der Waals surface area contributed by atoms with Crippen molar-refractivity contribution in [3.63, 3.8) is 0 Å². The molecule has 0 aliphatic carbocycles. The van der Waals surface area contributed by atoms with E-state index in [0.29, 0.717) is 11.8 Å². The molecule has 1 aromatic heterocycles. The number of nitrogens with zero attached hydrogens (tertiary/aromatic N) is 2. The zero-order valence-corrected chi connectivity index (χ0v) is 10.6. The third-order valence-corrected chi connectivity index (χ3v) is 4.20. The molecule has 0 bridgehead atoms. The lowest BCUT2D eigenvalue weighted by atomic mass is 10.2. The molecule has 2 nitrogen and oxygen atoms in total. The lowest BCUT2D eigenvalue weighted by molar-refractivity contribution is 0.759. The first-order valence-corrected chi connectivity index (χ1v) is 6.72. The van der Waals surface area contributed by atoms with Crippen molar-refractivity contribution < 1.29 is 0 Å². The molecule has 0 aliphatic rings. The van der Waals surface area contributed by atoms with Crippen molar-refractivity contribution in [2.45, 2.75) is 11.8 Å². The van der Waals surface area contributed by atoms with E-state index in [9.17, 15) is 0 Å². The first kappa shape index (κ1) is 11.7. The second kappa shape index (κ2) is 5.51. The van der Waals surface area contributed by atoms with Gasteiger partial charge in [0.25, 0.3) is 0 Å². The lowest BCUT2D eigenvalue weighted by Gasteiger charge is -2.08. The second-order valence-electron chi connectivity index (χ2n) is 3.80. The van der Waals surface area contributed by atoms with Gasteiger partial charge in [-0.1, -0.05) is 25.1 Å². The molecule has 0 N–H and O–H groups in total. The van der Waals surface area contributed by atoms with Crippen LogP contribution in [0.15, 0.2) is 35.4 Å². The Kier molecular flexibility index (Phi) is 4.02. The summed E-state index contributed by atoms with van der Waals surface area (Å²) < 4.78 is 0.